The lowest BCUT2D eigenvalue weighted by atomic mass is 9.89. The molecule has 1 aromatic heterocycles. The Morgan fingerprint density at radius 2 is 1.48 bits per heavy atom. The maximum absolute atomic E-state index is 16.0. The molecular formula is C37H43F8N3O4. The molecule has 0 spiro atoms. The molecule has 0 bridgehead atoms. The molecule has 0 fully saturated rings. The summed E-state index contributed by atoms with van der Waals surface area (Å²) in [6.45, 7) is 8.57. The number of nitrogens with one attached hydrogen (secondary N) is 1. The van der Waals surface area contributed by atoms with Gasteiger partial charge in [0.05, 0.1) is 30.2 Å². The normalized spacial score (nSPS) is 13.6. The van der Waals surface area contributed by atoms with Crippen LogP contribution in [0.15, 0.2) is 41.3 Å². The van der Waals surface area contributed by atoms with Crippen molar-refractivity contribution in [2.45, 2.75) is 90.9 Å². The fourth-order valence-corrected chi connectivity index (χ4v) is 6.20. The van der Waals surface area contributed by atoms with E-state index in [9.17, 15) is 40.7 Å². The lowest BCUT2D eigenvalue weighted by molar-refractivity contribution is -0.144. The molecule has 0 saturated carbocycles. The summed E-state index contributed by atoms with van der Waals surface area (Å²) in [5, 5.41) is 2.32. The number of rotatable bonds is 13. The van der Waals surface area contributed by atoms with Gasteiger partial charge >= 0.3 is 18.3 Å². The van der Waals surface area contributed by atoms with Gasteiger partial charge in [0.1, 0.15) is 17.5 Å². The number of carbonyl (C=O) groups is 2. The molecule has 1 N–H and O–H groups in total. The van der Waals surface area contributed by atoms with E-state index in [2.05, 4.69) is 5.32 Å². The third kappa shape index (κ3) is 10.6. The van der Waals surface area contributed by atoms with Crippen molar-refractivity contribution >= 4 is 11.9 Å². The van der Waals surface area contributed by atoms with E-state index >= 15 is 8.78 Å². The summed E-state index contributed by atoms with van der Waals surface area (Å²) in [5.74, 6) is -4.09. The Kier molecular flexibility index (Phi) is 13.1. The highest BCUT2D eigenvalue weighted by Gasteiger charge is 2.40. The Morgan fingerprint density at radius 1 is 0.904 bits per heavy atom. The molecule has 0 radical (unpaired) electrons. The SMILES string of the molecule is CCOC(=O)C[C@H](NC(=O)C(CC(C)(C)F)n1cc(CCN(C)C)c(C(F)(F)F)cc1=O)c1cc(-c2c(C)cc(C)cc2C)cc(C(F)(F)F)c1F. The molecule has 0 aliphatic carbocycles. The molecular weight excluding hydrogens is 702 g/mol. The number of benzene rings is 2. The lowest BCUT2D eigenvalue weighted by Crippen LogP contribution is -2.42. The number of alkyl halides is 7. The number of esters is 1. The van der Waals surface area contributed by atoms with Gasteiger partial charge in [-0.1, -0.05) is 17.7 Å². The average Bonchev–Trinajstić information content (AvgIpc) is 2.97. The first-order valence-electron chi connectivity index (χ1n) is 16.4. The standard InChI is InChI=1S/C37H43F8N3O4/c1-9-52-31(50)17-28(25-14-24(15-27(33(25)38)37(43,44)45)32-21(3)12-20(2)13-22(32)4)46-34(51)29(18-35(5,6)39)48-19-23(10-11-47(7)8)26(16-30(48)49)36(40,41)42/h12-16,19,28-29H,9-11,17-18H2,1-8H3,(H,46,51)/t28-,29?/m0/s1. The quantitative estimate of drug-likeness (QED) is 0.141. The van der Waals surface area contributed by atoms with E-state index in [1.165, 1.54) is 6.92 Å². The summed E-state index contributed by atoms with van der Waals surface area (Å²) < 4.78 is 122. The van der Waals surface area contributed by atoms with Gasteiger partial charge in [-0.05, 0) is 102 Å². The second-order valence-electron chi connectivity index (χ2n) is 13.7. The number of ether oxygens (including phenoxy) is 1. The van der Waals surface area contributed by atoms with Gasteiger partial charge in [-0.15, -0.1) is 0 Å². The predicted octanol–water partition coefficient (Wildman–Crippen LogP) is 8.21. The van der Waals surface area contributed by atoms with Gasteiger partial charge in [-0.25, -0.2) is 8.78 Å². The Hall–Kier alpha value is -4.27. The molecule has 1 amide bonds. The summed E-state index contributed by atoms with van der Waals surface area (Å²) in [6.07, 6.45) is -11.3. The average molecular weight is 746 g/mol. The largest absolute Gasteiger partial charge is 0.466 e. The maximum atomic E-state index is 16.0. The number of aromatic nitrogens is 1. The molecule has 0 aliphatic heterocycles. The van der Waals surface area contributed by atoms with E-state index in [0.717, 1.165) is 31.7 Å². The molecule has 2 aromatic carbocycles. The van der Waals surface area contributed by atoms with Crippen LogP contribution in [0.25, 0.3) is 11.1 Å². The number of aryl methyl sites for hydroxylation is 3. The van der Waals surface area contributed by atoms with Crippen LogP contribution in [0.1, 0.15) is 84.6 Å². The first kappa shape index (κ1) is 42.1. The molecule has 52 heavy (non-hydrogen) atoms. The third-order valence-electron chi connectivity index (χ3n) is 8.35. The Morgan fingerprint density at radius 3 is 1.98 bits per heavy atom. The van der Waals surface area contributed by atoms with Crippen LogP contribution in [0.3, 0.4) is 0 Å². The molecule has 286 valence electrons. The zero-order valence-electron chi connectivity index (χ0n) is 30.2. The number of pyridine rings is 1. The number of hydrogen-bond donors (Lipinski definition) is 1. The van der Waals surface area contributed by atoms with Crippen molar-refractivity contribution in [2.24, 2.45) is 0 Å². The second kappa shape index (κ2) is 16.2. The monoisotopic (exact) mass is 745 g/mol. The Bertz CT molecular complexity index is 1820. The smallest absolute Gasteiger partial charge is 0.419 e. The van der Waals surface area contributed by atoms with Gasteiger partial charge in [-0.2, -0.15) is 26.3 Å². The van der Waals surface area contributed by atoms with Crippen molar-refractivity contribution in [3.63, 3.8) is 0 Å². The molecule has 3 aromatic rings. The van der Waals surface area contributed by atoms with E-state index in [4.69, 9.17) is 4.74 Å². The summed E-state index contributed by atoms with van der Waals surface area (Å²) in [5.41, 5.74) is -5.41. The molecule has 7 nitrogen and oxygen atoms in total. The highest BCUT2D eigenvalue weighted by molar-refractivity contribution is 5.82. The van der Waals surface area contributed by atoms with Crippen molar-refractivity contribution in [3.8, 4) is 11.1 Å². The molecule has 0 aliphatic rings. The van der Waals surface area contributed by atoms with Crippen LogP contribution in [0, 0.1) is 26.6 Å². The van der Waals surface area contributed by atoms with Crippen LogP contribution < -0.4 is 10.9 Å². The van der Waals surface area contributed by atoms with Crippen LogP contribution in [-0.2, 0) is 33.1 Å². The molecule has 1 heterocycles. The maximum Gasteiger partial charge on any atom is 0.419 e. The minimum atomic E-state index is -5.23. The van der Waals surface area contributed by atoms with Gasteiger partial charge < -0.3 is 19.5 Å². The van der Waals surface area contributed by atoms with Gasteiger partial charge in [-0.3, -0.25) is 14.4 Å². The first-order chi connectivity index (χ1) is 23.8. The number of nitrogens with zero attached hydrogens (tertiary/aromatic N) is 2. The molecule has 1 unspecified atom stereocenters. The zero-order chi connectivity index (χ0) is 39.5. The third-order valence-corrected chi connectivity index (χ3v) is 8.35. The van der Waals surface area contributed by atoms with E-state index in [-0.39, 0.29) is 36.8 Å². The number of halogens is 8. The van der Waals surface area contributed by atoms with E-state index in [1.54, 1.807) is 51.9 Å². The van der Waals surface area contributed by atoms with E-state index < -0.39 is 82.9 Å². The van der Waals surface area contributed by atoms with Crippen LogP contribution >= 0.6 is 0 Å². The van der Waals surface area contributed by atoms with Crippen LogP contribution in [0.5, 0.6) is 0 Å². The summed E-state index contributed by atoms with van der Waals surface area (Å²) >= 11 is 0. The van der Waals surface area contributed by atoms with Crippen molar-refractivity contribution in [2.75, 3.05) is 27.2 Å². The highest BCUT2D eigenvalue weighted by atomic mass is 19.4. The Labute approximate surface area is 297 Å². The highest BCUT2D eigenvalue weighted by Crippen LogP contribution is 2.40. The number of hydrogen-bond acceptors (Lipinski definition) is 5. The lowest BCUT2D eigenvalue weighted by Gasteiger charge is -2.29. The van der Waals surface area contributed by atoms with Crippen LogP contribution in [0.4, 0.5) is 35.1 Å². The van der Waals surface area contributed by atoms with E-state index in [1.807, 2.05) is 0 Å². The summed E-state index contributed by atoms with van der Waals surface area (Å²) in [4.78, 5) is 41.7. The number of carbonyl (C=O) groups excluding carboxylic acids is 2. The molecule has 0 saturated heterocycles. The Balaban J connectivity index is 2.30. The second-order valence-corrected chi connectivity index (χ2v) is 13.7. The van der Waals surface area contributed by atoms with Gasteiger partial charge in [0.2, 0.25) is 5.91 Å². The zero-order valence-corrected chi connectivity index (χ0v) is 30.2. The van der Waals surface area contributed by atoms with Crippen molar-refractivity contribution in [1.82, 2.24) is 14.8 Å². The fourth-order valence-electron chi connectivity index (χ4n) is 6.20. The van der Waals surface area contributed by atoms with Crippen LogP contribution in [-0.4, -0.2) is 54.3 Å². The summed E-state index contributed by atoms with van der Waals surface area (Å²) in [6, 6.07) is 1.67. The van der Waals surface area contributed by atoms with Gasteiger partial charge in [0.25, 0.3) is 5.56 Å². The first-order valence-corrected chi connectivity index (χ1v) is 16.4. The number of amides is 1. The van der Waals surface area contributed by atoms with Crippen molar-refractivity contribution in [1.29, 1.82) is 0 Å². The minimum absolute atomic E-state index is 0.0761. The summed E-state index contributed by atoms with van der Waals surface area (Å²) in [7, 11) is 3.21. The number of likely N-dealkylation sites (N-methyl/N-ethyl adjacent to an activating group) is 1. The van der Waals surface area contributed by atoms with Crippen molar-refractivity contribution in [3.05, 3.63) is 91.6 Å². The van der Waals surface area contributed by atoms with Gasteiger partial charge in [0.15, 0.2) is 0 Å². The molecule has 2 atom stereocenters. The van der Waals surface area contributed by atoms with E-state index in [0.29, 0.717) is 27.3 Å². The predicted molar refractivity (Wildman–Crippen MR) is 180 cm³/mol. The molecule has 3 rings (SSSR count). The van der Waals surface area contributed by atoms with Gasteiger partial charge in [0, 0.05) is 30.8 Å². The van der Waals surface area contributed by atoms with Crippen LogP contribution in [0.2, 0.25) is 0 Å². The topological polar surface area (TPSA) is 80.6 Å². The fraction of sp³-hybridized carbons (Fsp3) is 0.486. The minimum Gasteiger partial charge on any atom is -0.466 e. The van der Waals surface area contributed by atoms with Crippen molar-refractivity contribution < 1.29 is 49.4 Å². The molecule has 15 heteroatoms.